The SMILES string of the molecule is CC[C@H]1C(=O)O[C@H]([C@@](C)(O)[C@@H](C)O)[C@@H]1P(=O)(c1ccccc1)c1ccccc1. The lowest BCUT2D eigenvalue weighted by molar-refractivity contribution is -0.163. The molecular formula is C22H27O5P. The summed E-state index contributed by atoms with van der Waals surface area (Å²) in [5.41, 5.74) is -2.51. The molecule has 2 aromatic carbocycles. The van der Waals surface area contributed by atoms with Gasteiger partial charge in [-0.1, -0.05) is 67.6 Å². The Morgan fingerprint density at radius 1 is 1.07 bits per heavy atom. The normalized spacial score (nSPS) is 25.8. The molecule has 2 N–H and O–H groups in total. The molecule has 28 heavy (non-hydrogen) atoms. The van der Waals surface area contributed by atoms with Gasteiger partial charge in [-0.25, -0.2) is 0 Å². The van der Waals surface area contributed by atoms with Crippen molar-refractivity contribution in [1.29, 1.82) is 0 Å². The van der Waals surface area contributed by atoms with Crippen LogP contribution in [0.3, 0.4) is 0 Å². The number of hydrogen-bond acceptors (Lipinski definition) is 5. The van der Waals surface area contributed by atoms with Crippen LogP contribution in [0, 0.1) is 5.92 Å². The lowest BCUT2D eigenvalue weighted by Crippen LogP contribution is -2.54. The second kappa shape index (κ2) is 7.82. The highest BCUT2D eigenvalue weighted by Gasteiger charge is 2.60. The Morgan fingerprint density at radius 3 is 1.93 bits per heavy atom. The van der Waals surface area contributed by atoms with E-state index < -0.39 is 42.5 Å². The van der Waals surface area contributed by atoms with Crippen molar-refractivity contribution in [3.63, 3.8) is 0 Å². The first-order chi connectivity index (χ1) is 13.2. The van der Waals surface area contributed by atoms with E-state index in [1.54, 1.807) is 24.3 Å². The van der Waals surface area contributed by atoms with E-state index in [0.29, 0.717) is 17.0 Å². The van der Waals surface area contributed by atoms with Gasteiger partial charge >= 0.3 is 5.97 Å². The van der Waals surface area contributed by atoms with Crippen LogP contribution in [0.15, 0.2) is 60.7 Å². The molecule has 3 rings (SSSR count). The smallest absolute Gasteiger partial charge is 0.310 e. The van der Waals surface area contributed by atoms with Gasteiger partial charge in [0.2, 0.25) is 0 Å². The zero-order valence-corrected chi connectivity index (χ0v) is 17.3. The second-order valence-corrected chi connectivity index (χ2v) is 10.5. The number of ether oxygens (including phenoxy) is 1. The summed E-state index contributed by atoms with van der Waals surface area (Å²) in [6.07, 6.45) is -1.82. The fourth-order valence-electron chi connectivity index (χ4n) is 3.98. The minimum Gasteiger partial charge on any atom is -0.458 e. The molecule has 1 aliphatic heterocycles. The lowest BCUT2D eigenvalue weighted by Gasteiger charge is -2.38. The summed E-state index contributed by atoms with van der Waals surface area (Å²) < 4.78 is 20.4. The fraction of sp³-hybridized carbons (Fsp3) is 0.409. The van der Waals surface area contributed by atoms with Crippen LogP contribution in [0.2, 0.25) is 0 Å². The lowest BCUT2D eigenvalue weighted by atomic mass is 9.88. The third-order valence-corrected chi connectivity index (χ3v) is 9.43. The number of carbonyl (C=O) groups excluding carboxylic acids is 1. The van der Waals surface area contributed by atoms with Crippen molar-refractivity contribution in [2.24, 2.45) is 5.92 Å². The number of cyclic esters (lactones) is 1. The molecule has 1 aliphatic rings. The predicted molar refractivity (Wildman–Crippen MR) is 110 cm³/mol. The molecule has 1 fully saturated rings. The Labute approximate surface area is 165 Å². The third kappa shape index (κ3) is 3.32. The molecule has 0 amide bonds. The van der Waals surface area contributed by atoms with Crippen LogP contribution < -0.4 is 10.6 Å². The fourth-order valence-corrected chi connectivity index (χ4v) is 7.78. The van der Waals surface area contributed by atoms with Crippen LogP contribution in [0.5, 0.6) is 0 Å². The topological polar surface area (TPSA) is 83.8 Å². The van der Waals surface area contributed by atoms with Gasteiger partial charge in [0.1, 0.15) is 11.7 Å². The molecule has 0 bridgehead atoms. The molecule has 1 heterocycles. The Hall–Kier alpha value is -1.94. The second-order valence-electron chi connectivity index (χ2n) is 7.59. The van der Waals surface area contributed by atoms with Gasteiger partial charge in [0.15, 0.2) is 7.14 Å². The highest BCUT2D eigenvalue weighted by atomic mass is 31.2. The van der Waals surface area contributed by atoms with Gasteiger partial charge in [-0.05, 0) is 20.3 Å². The van der Waals surface area contributed by atoms with E-state index in [9.17, 15) is 19.6 Å². The summed E-state index contributed by atoms with van der Waals surface area (Å²) in [7, 11) is -3.39. The molecule has 5 atom stereocenters. The molecule has 6 heteroatoms. The third-order valence-electron chi connectivity index (χ3n) is 5.83. The molecule has 0 aromatic heterocycles. The molecular weight excluding hydrogens is 375 g/mol. The molecule has 0 radical (unpaired) electrons. The highest BCUT2D eigenvalue weighted by Crippen LogP contribution is 2.58. The molecule has 0 unspecified atom stereocenters. The van der Waals surface area contributed by atoms with Crippen LogP contribution in [0.1, 0.15) is 27.2 Å². The zero-order chi connectivity index (χ0) is 20.5. The Balaban J connectivity index is 2.27. The van der Waals surface area contributed by atoms with Crippen molar-refractivity contribution in [1.82, 2.24) is 0 Å². The average Bonchev–Trinajstić information content (AvgIpc) is 3.06. The van der Waals surface area contributed by atoms with Crippen LogP contribution in [-0.2, 0) is 14.1 Å². The summed E-state index contributed by atoms with van der Waals surface area (Å²) in [6.45, 7) is 4.72. The molecule has 0 saturated carbocycles. The molecule has 150 valence electrons. The quantitative estimate of drug-likeness (QED) is 0.573. The number of aliphatic hydroxyl groups excluding tert-OH is 1. The average molecular weight is 402 g/mol. The van der Waals surface area contributed by atoms with Gasteiger partial charge in [0.25, 0.3) is 0 Å². The van der Waals surface area contributed by atoms with Crippen molar-refractivity contribution in [2.45, 2.75) is 50.7 Å². The summed E-state index contributed by atoms with van der Waals surface area (Å²) >= 11 is 0. The maximum absolute atomic E-state index is 14.8. The van der Waals surface area contributed by atoms with Crippen LogP contribution >= 0.6 is 7.14 Å². The van der Waals surface area contributed by atoms with Crippen molar-refractivity contribution in [3.8, 4) is 0 Å². The maximum Gasteiger partial charge on any atom is 0.310 e. The van der Waals surface area contributed by atoms with E-state index in [1.165, 1.54) is 13.8 Å². The van der Waals surface area contributed by atoms with Crippen molar-refractivity contribution >= 4 is 23.7 Å². The molecule has 1 saturated heterocycles. The Kier molecular flexibility index (Phi) is 5.81. The van der Waals surface area contributed by atoms with E-state index >= 15 is 0 Å². The number of esters is 1. The van der Waals surface area contributed by atoms with Gasteiger partial charge in [-0.3, -0.25) is 4.79 Å². The van der Waals surface area contributed by atoms with Crippen LogP contribution in [0.25, 0.3) is 0 Å². The standard InChI is InChI=1S/C22H27O5P/c1-4-18-19(20(27-21(18)24)22(3,25)15(2)23)28(26,16-11-7-5-8-12-16)17-13-9-6-10-14-17/h5-15,18-20,23,25H,4H2,1-3H3/t15-,18-,19-,20+,22+/m1/s1. The highest BCUT2D eigenvalue weighted by molar-refractivity contribution is 7.79. The van der Waals surface area contributed by atoms with Crippen LogP contribution in [-0.4, -0.2) is 39.7 Å². The van der Waals surface area contributed by atoms with E-state index in [-0.39, 0.29) is 0 Å². The van der Waals surface area contributed by atoms with Crippen molar-refractivity contribution in [2.75, 3.05) is 0 Å². The number of hydrogen-bond donors (Lipinski definition) is 2. The summed E-state index contributed by atoms with van der Waals surface area (Å²) in [5.74, 6) is -1.12. The first-order valence-electron chi connectivity index (χ1n) is 9.56. The minimum absolute atomic E-state index is 0.430. The molecule has 0 aliphatic carbocycles. The Bertz CT molecular complexity index is 820. The Morgan fingerprint density at radius 2 is 1.54 bits per heavy atom. The summed E-state index contributed by atoms with van der Waals surface area (Å²) in [4.78, 5) is 12.7. The van der Waals surface area contributed by atoms with E-state index in [4.69, 9.17) is 4.74 Å². The summed E-state index contributed by atoms with van der Waals surface area (Å²) in [6, 6.07) is 18.1. The van der Waals surface area contributed by atoms with Gasteiger partial charge in [0, 0.05) is 10.6 Å². The largest absolute Gasteiger partial charge is 0.458 e. The maximum atomic E-state index is 14.8. The number of rotatable bonds is 6. The monoisotopic (exact) mass is 402 g/mol. The molecule has 2 aromatic rings. The molecule has 5 nitrogen and oxygen atoms in total. The predicted octanol–water partition coefficient (Wildman–Crippen LogP) is 2.45. The van der Waals surface area contributed by atoms with Gasteiger partial charge in [0.05, 0.1) is 17.7 Å². The number of benzene rings is 2. The van der Waals surface area contributed by atoms with Gasteiger partial charge in [-0.2, -0.15) is 0 Å². The zero-order valence-electron chi connectivity index (χ0n) is 16.4. The summed E-state index contributed by atoms with van der Waals surface area (Å²) in [5, 5.41) is 22.4. The first-order valence-corrected chi connectivity index (χ1v) is 11.3. The molecule has 0 spiro atoms. The van der Waals surface area contributed by atoms with E-state index in [0.717, 1.165) is 0 Å². The van der Waals surface area contributed by atoms with E-state index in [1.807, 2.05) is 43.3 Å². The number of aliphatic hydroxyl groups is 2. The van der Waals surface area contributed by atoms with E-state index in [2.05, 4.69) is 0 Å². The van der Waals surface area contributed by atoms with Gasteiger partial charge in [-0.15, -0.1) is 0 Å². The number of carbonyl (C=O) groups is 1. The van der Waals surface area contributed by atoms with Gasteiger partial charge < -0.3 is 19.5 Å². The van der Waals surface area contributed by atoms with Crippen molar-refractivity contribution in [3.05, 3.63) is 60.7 Å². The van der Waals surface area contributed by atoms with Crippen molar-refractivity contribution < 1.29 is 24.3 Å². The first kappa shape index (κ1) is 20.8. The minimum atomic E-state index is -3.39. The van der Waals surface area contributed by atoms with Crippen LogP contribution in [0.4, 0.5) is 0 Å².